The molecule has 0 aliphatic heterocycles. The first-order valence-electron chi connectivity index (χ1n) is 5.52. The first-order chi connectivity index (χ1) is 8.00. The topological polar surface area (TPSA) is 52.3 Å². The quantitative estimate of drug-likeness (QED) is 0.641. The Morgan fingerprint density at radius 3 is 2.76 bits per heavy atom. The van der Waals surface area contributed by atoms with Crippen LogP contribution in [0.2, 0.25) is 5.02 Å². The van der Waals surface area contributed by atoms with Gasteiger partial charge in [-0.05, 0) is 24.1 Å². The van der Waals surface area contributed by atoms with Gasteiger partial charge in [0.05, 0.1) is 33.9 Å². The number of halogens is 1. The molecule has 0 amide bonds. The smallest absolute Gasteiger partial charge is 0.0647 e. The molecule has 0 aliphatic rings. The third-order valence-corrected chi connectivity index (χ3v) is 3.74. The summed E-state index contributed by atoms with van der Waals surface area (Å²) in [5, 5.41) is 0.443. The number of ether oxygens (including phenoxy) is 1. The summed E-state index contributed by atoms with van der Waals surface area (Å²) >= 11 is 5.87. The van der Waals surface area contributed by atoms with Gasteiger partial charge in [-0.3, -0.25) is 4.21 Å². The van der Waals surface area contributed by atoms with Crippen LogP contribution in [0, 0.1) is 5.92 Å². The van der Waals surface area contributed by atoms with Crippen molar-refractivity contribution in [1.82, 2.24) is 0 Å². The zero-order valence-corrected chi connectivity index (χ0v) is 11.7. The second-order valence-electron chi connectivity index (χ2n) is 4.20. The largest absolute Gasteiger partial charge is 0.398 e. The van der Waals surface area contributed by atoms with Crippen molar-refractivity contribution in [3.05, 3.63) is 23.2 Å². The molecule has 1 unspecified atom stereocenters. The summed E-state index contributed by atoms with van der Waals surface area (Å²) in [6.45, 7) is 5.35. The maximum atomic E-state index is 11.9. The molecule has 3 nitrogen and oxygen atoms in total. The zero-order chi connectivity index (χ0) is 12.8. The second kappa shape index (κ2) is 6.99. The highest BCUT2D eigenvalue weighted by molar-refractivity contribution is 7.85. The molecule has 0 saturated carbocycles. The van der Waals surface area contributed by atoms with E-state index in [0.29, 0.717) is 40.5 Å². The molecule has 0 fully saturated rings. The number of hydrogen-bond donors (Lipinski definition) is 1. The summed E-state index contributed by atoms with van der Waals surface area (Å²) in [7, 11) is -1.08. The third-order valence-electron chi connectivity index (χ3n) is 2.10. The van der Waals surface area contributed by atoms with Crippen molar-refractivity contribution in [3.63, 3.8) is 0 Å². The van der Waals surface area contributed by atoms with Gasteiger partial charge in [-0.25, -0.2) is 0 Å². The molecule has 0 aromatic heterocycles. The molecular weight excluding hydrogens is 258 g/mol. The number of hydrogen-bond acceptors (Lipinski definition) is 3. The monoisotopic (exact) mass is 275 g/mol. The van der Waals surface area contributed by atoms with Gasteiger partial charge in [-0.15, -0.1) is 0 Å². The minimum absolute atomic E-state index is 0.443. The van der Waals surface area contributed by atoms with E-state index < -0.39 is 10.8 Å². The van der Waals surface area contributed by atoms with Crippen LogP contribution in [0.15, 0.2) is 23.1 Å². The average Bonchev–Trinajstić information content (AvgIpc) is 2.27. The Bertz CT molecular complexity index is 396. The standard InChI is InChI=1S/C12H18ClNO2S/c1-9(2)8-16-5-6-17(15)10-3-4-12(14)11(13)7-10/h3-4,7,9H,5-6,8,14H2,1-2H3. The molecule has 0 spiro atoms. The van der Waals surface area contributed by atoms with E-state index in [9.17, 15) is 4.21 Å². The van der Waals surface area contributed by atoms with Crippen molar-refractivity contribution in [2.24, 2.45) is 5.92 Å². The van der Waals surface area contributed by atoms with E-state index >= 15 is 0 Å². The predicted octanol–water partition coefficient (Wildman–Crippen LogP) is 2.70. The molecular formula is C12H18ClNO2S. The average molecular weight is 276 g/mol. The van der Waals surface area contributed by atoms with Gasteiger partial charge in [0.15, 0.2) is 0 Å². The summed E-state index contributed by atoms with van der Waals surface area (Å²) in [6, 6.07) is 5.06. The second-order valence-corrected chi connectivity index (χ2v) is 6.18. The fraction of sp³-hybridized carbons (Fsp3) is 0.500. The summed E-state index contributed by atoms with van der Waals surface area (Å²) in [6.07, 6.45) is 0. The molecule has 0 radical (unpaired) electrons. The van der Waals surface area contributed by atoms with Gasteiger partial charge < -0.3 is 10.5 Å². The molecule has 1 aromatic carbocycles. The highest BCUT2D eigenvalue weighted by Crippen LogP contribution is 2.21. The highest BCUT2D eigenvalue weighted by atomic mass is 35.5. The Labute approximate surface area is 110 Å². The molecule has 0 saturated heterocycles. The molecule has 1 rings (SSSR count). The van der Waals surface area contributed by atoms with Crippen molar-refractivity contribution in [1.29, 1.82) is 0 Å². The molecule has 5 heteroatoms. The van der Waals surface area contributed by atoms with Gasteiger partial charge >= 0.3 is 0 Å². The predicted molar refractivity (Wildman–Crippen MR) is 72.8 cm³/mol. The fourth-order valence-corrected chi connectivity index (χ4v) is 2.44. The molecule has 1 aromatic rings. The summed E-state index contributed by atoms with van der Waals surface area (Å²) in [5.74, 6) is 0.974. The van der Waals surface area contributed by atoms with Crippen LogP contribution in [-0.2, 0) is 15.5 Å². The maximum Gasteiger partial charge on any atom is 0.0647 e. The number of benzene rings is 1. The fourth-order valence-electron chi connectivity index (χ4n) is 1.22. The van der Waals surface area contributed by atoms with Gasteiger partial charge in [0.25, 0.3) is 0 Å². The number of nitrogens with two attached hydrogens (primary N) is 1. The van der Waals surface area contributed by atoms with Crippen LogP contribution in [0.4, 0.5) is 5.69 Å². The first-order valence-corrected chi connectivity index (χ1v) is 7.21. The lowest BCUT2D eigenvalue weighted by atomic mass is 10.2. The van der Waals surface area contributed by atoms with E-state index in [1.165, 1.54) is 0 Å². The Balaban J connectivity index is 2.44. The molecule has 1 atom stereocenters. The Morgan fingerprint density at radius 1 is 1.47 bits per heavy atom. The van der Waals surface area contributed by atoms with Gasteiger partial charge in [0.2, 0.25) is 0 Å². The van der Waals surface area contributed by atoms with Crippen LogP contribution in [0.25, 0.3) is 0 Å². The Hall–Kier alpha value is -0.580. The van der Waals surface area contributed by atoms with Crippen LogP contribution in [-0.4, -0.2) is 23.2 Å². The lowest BCUT2D eigenvalue weighted by molar-refractivity contribution is 0.123. The van der Waals surface area contributed by atoms with Crippen molar-refractivity contribution in [3.8, 4) is 0 Å². The highest BCUT2D eigenvalue weighted by Gasteiger charge is 2.06. The Kier molecular flexibility index (Phi) is 5.95. The van der Waals surface area contributed by atoms with E-state index in [1.807, 2.05) is 0 Å². The van der Waals surface area contributed by atoms with Crippen molar-refractivity contribution < 1.29 is 8.95 Å². The summed E-state index contributed by atoms with van der Waals surface area (Å²) in [5.41, 5.74) is 6.09. The number of anilines is 1. The number of nitrogen functional groups attached to an aromatic ring is 1. The van der Waals surface area contributed by atoms with Crippen LogP contribution < -0.4 is 5.73 Å². The molecule has 2 N–H and O–H groups in total. The third kappa shape index (κ3) is 5.06. The van der Waals surface area contributed by atoms with Crippen LogP contribution in [0.1, 0.15) is 13.8 Å². The van der Waals surface area contributed by atoms with E-state index in [1.54, 1.807) is 18.2 Å². The Morgan fingerprint density at radius 2 is 2.18 bits per heavy atom. The first kappa shape index (κ1) is 14.5. The minimum atomic E-state index is -1.08. The molecule has 0 bridgehead atoms. The van der Waals surface area contributed by atoms with Crippen molar-refractivity contribution in [2.45, 2.75) is 18.7 Å². The van der Waals surface area contributed by atoms with E-state index in [2.05, 4.69) is 13.8 Å². The van der Waals surface area contributed by atoms with E-state index in [-0.39, 0.29) is 0 Å². The van der Waals surface area contributed by atoms with Gasteiger partial charge in [0.1, 0.15) is 0 Å². The SMILES string of the molecule is CC(C)COCCS(=O)c1ccc(N)c(Cl)c1. The summed E-state index contributed by atoms with van der Waals surface area (Å²) in [4.78, 5) is 0.692. The van der Waals surface area contributed by atoms with Crippen LogP contribution >= 0.6 is 11.6 Å². The molecule has 96 valence electrons. The van der Waals surface area contributed by atoms with Crippen molar-refractivity contribution >= 4 is 28.1 Å². The molecule has 17 heavy (non-hydrogen) atoms. The minimum Gasteiger partial charge on any atom is -0.398 e. The van der Waals surface area contributed by atoms with Gasteiger partial charge in [0, 0.05) is 11.5 Å². The van der Waals surface area contributed by atoms with Crippen molar-refractivity contribution in [2.75, 3.05) is 24.7 Å². The van der Waals surface area contributed by atoms with Gasteiger partial charge in [-0.2, -0.15) is 0 Å². The van der Waals surface area contributed by atoms with Crippen LogP contribution in [0.3, 0.4) is 0 Å². The maximum absolute atomic E-state index is 11.9. The number of rotatable bonds is 6. The van der Waals surface area contributed by atoms with E-state index in [0.717, 1.165) is 0 Å². The van der Waals surface area contributed by atoms with Crippen LogP contribution in [0.5, 0.6) is 0 Å². The molecule has 0 aliphatic carbocycles. The van der Waals surface area contributed by atoms with E-state index in [4.69, 9.17) is 22.1 Å². The lowest BCUT2D eigenvalue weighted by Crippen LogP contribution is -2.10. The van der Waals surface area contributed by atoms with Gasteiger partial charge in [-0.1, -0.05) is 25.4 Å². The molecule has 0 heterocycles. The zero-order valence-electron chi connectivity index (χ0n) is 10.1. The normalized spacial score (nSPS) is 12.9. The summed E-state index contributed by atoms with van der Waals surface area (Å²) < 4.78 is 17.3. The lowest BCUT2D eigenvalue weighted by Gasteiger charge is -2.07.